The molecule has 2 aliphatic rings. The quantitative estimate of drug-likeness (QED) is 0.665. The van der Waals surface area contributed by atoms with Gasteiger partial charge in [0.05, 0.1) is 0 Å². The third kappa shape index (κ3) is 3.45. The highest BCUT2D eigenvalue weighted by Crippen LogP contribution is 2.17. The Morgan fingerprint density at radius 2 is 1.47 bits per heavy atom. The van der Waals surface area contributed by atoms with Crippen molar-refractivity contribution in [1.29, 1.82) is 0 Å². The first-order chi connectivity index (χ1) is 9.08. The fraction of sp³-hybridized carbons (Fsp3) is 0.769. The number of piperazine rings is 1. The first-order valence-corrected chi connectivity index (χ1v) is 6.93. The van der Waals surface area contributed by atoms with E-state index in [4.69, 9.17) is 0 Å². The zero-order chi connectivity index (χ0) is 13.8. The van der Waals surface area contributed by atoms with Crippen molar-refractivity contribution in [2.75, 3.05) is 26.2 Å². The molecule has 2 rings (SSSR count). The normalized spacial score (nSPS) is 20.5. The van der Waals surface area contributed by atoms with Crippen molar-refractivity contribution >= 4 is 17.7 Å². The predicted molar refractivity (Wildman–Crippen MR) is 69.2 cm³/mol. The van der Waals surface area contributed by atoms with Gasteiger partial charge in [0.2, 0.25) is 5.91 Å². The number of nitrogens with one attached hydrogen (secondary N) is 1. The maximum Gasteiger partial charge on any atom is 0.312 e. The van der Waals surface area contributed by atoms with E-state index >= 15 is 0 Å². The Hall–Kier alpha value is -1.59. The number of hydrogen-bond donors (Lipinski definition) is 1. The molecule has 0 aromatic rings. The van der Waals surface area contributed by atoms with Gasteiger partial charge in [-0.05, 0) is 12.8 Å². The second kappa shape index (κ2) is 6.04. The van der Waals surface area contributed by atoms with E-state index in [0.29, 0.717) is 26.2 Å². The molecule has 1 N–H and O–H groups in total. The Bertz CT molecular complexity index is 369. The van der Waals surface area contributed by atoms with Crippen molar-refractivity contribution in [2.45, 2.75) is 38.6 Å². The molecule has 0 unspecified atom stereocenters. The van der Waals surface area contributed by atoms with Gasteiger partial charge in [-0.1, -0.05) is 12.8 Å². The Labute approximate surface area is 113 Å². The van der Waals surface area contributed by atoms with Crippen LogP contribution in [-0.4, -0.2) is 59.7 Å². The molecule has 1 saturated heterocycles. The highest BCUT2D eigenvalue weighted by molar-refractivity contribution is 6.35. The Morgan fingerprint density at radius 1 is 0.947 bits per heavy atom. The summed E-state index contributed by atoms with van der Waals surface area (Å²) in [5, 5.41) is 2.80. The average molecular weight is 267 g/mol. The highest BCUT2D eigenvalue weighted by Gasteiger charge is 2.28. The summed E-state index contributed by atoms with van der Waals surface area (Å²) in [4.78, 5) is 38.2. The summed E-state index contributed by atoms with van der Waals surface area (Å²) >= 11 is 0. The molecule has 1 aliphatic heterocycles. The van der Waals surface area contributed by atoms with Crippen molar-refractivity contribution in [3.63, 3.8) is 0 Å². The number of carbonyl (C=O) groups is 3. The van der Waals surface area contributed by atoms with E-state index in [1.165, 1.54) is 11.8 Å². The fourth-order valence-electron chi connectivity index (χ4n) is 2.69. The van der Waals surface area contributed by atoms with Crippen LogP contribution in [-0.2, 0) is 14.4 Å². The Kier molecular flexibility index (Phi) is 4.39. The molecule has 6 nitrogen and oxygen atoms in total. The average Bonchev–Trinajstić information content (AvgIpc) is 2.90. The van der Waals surface area contributed by atoms with Crippen LogP contribution < -0.4 is 5.32 Å². The van der Waals surface area contributed by atoms with E-state index in [9.17, 15) is 14.4 Å². The molecule has 1 aliphatic carbocycles. The van der Waals surface area contributed by atoms with Gasteiger partial charge in [0.25, 0.3) is 0 Å². The van der Waals surface area contributed by atoms with Gasteiger partial charge in [-0.3, -0.25) is 14.4 Å². The summed E-state index contributed by atoms with van der Waals surface area (Å²) in [6.45, 7) is 3.42. The van der Waals surface area contributed by atoms with Crippen LogP contribution in [0.15, 0.2) is 0 Å². The van der Waals surface area contributed by atoms with E-state index in [0.717, 1.165) is 25.7 Å². The molecular weight excluding hydrogens is 246 g/mol. The van der Waals surface area contributed by atoms with E-state index < -0.39 is 11.8 Å². The second-order valence-electron chi connectivity index (χ2n) is 5.25. The van der Waals surface area contributed by atoms with Crippen molar-refractivity contribution in [1.82, 2.24) is 15.1 Å². The minimum absolute atomic E-state index is 0.0162. The van der Waals surface area contributed by atoms with Crippen molar-refractivity contribution in [2.24, 2.45) is 0 Å². The fourth-order valence-corrected chi connectivity index (χ4v) is 2.69. The molecule has 0 atom stereocenters. The molecule has 2 fully saturated rings. The number of amides is 3. The van der Waals surface area contributed by atoms with Gasteiger partial charge in [0.1, 0.15) is 0 Å². The van der Waals surface area contributed by atoms with Gasteiger partial charge in [-0.25, -0.2) is 0 Å². The molecule has 0 radical (unpaired) electrons. The number of hydrogen-bond acceptors (Lipinski definition) is 3. The molecule has 3 amide bonds. The molecule has 0 aromatic carbocycles. The monoisotopic (exact) mass is 267 g/mol. The van der Waals surface area contributed by atoms with Crippen LogP contribution in [0, 0.1) is 0 Å². The Morgan fingerprint density at radius 3 is 2.00 bits per heavy atom. The van der Waals surface area contributed by atoms with Gasteiger partial charge in [0.15, 0.2) is 0 Å². The summed E-state index contributed by atoms with van der Waals surface area (Å²) in [6, 6.07) is 0.162. The van der Waals surface area contributed by atoms with Gasteiger partial charge in [-0.15, -0.1) is 0 Å². The second-order valence-corrected chi connectivity index (χ2v) is 5.25. The molecule has 0 spiro atoms. The zero-order valence-corrected chi connectivity index (χ0v) is 11.4. The van der Waals surface area contributed by atoms with E-state index in [2.05, 4.69) is 5.32 Å². The molecule has 19 heavy (non-hydrogen) atoms. The van der Waals surface area contributed by atoms with E-state index in [-0.39, 0.29) is 11.9 Å². The minimum Gasteiger partial charge on any atom is -0.345 e. The summed E-state index contributed by atoms with van der Waals surface area (Å²) in [6.07, 6.45) is 4.18. The summed E-state index contributed by atoms with van der Waals surface area (Å²) in [5.74, 6) is -0.944. The van der Waals surface area contributed by atoms with Crippen LogP contribution >= 0.6 is 0 Å². The van der Waals surface area contributed by atoms with Gasteiger partial charge in [0, 0.05) is 39.1 Å². The predicted octanol–water partition coefficient (Wildman–Crippen LogP) is -0.264. The highest BCUT2D eigenvalue weighted by atomic mass is 16.2. The lowest BCUT2D eigenvalue weighted by atomic mass is 10.2. The molecule has 0 bridgehead atoms. The van der Waals surface area contributed by atoms with Crippen LogP contribution in [0.4, 0.5) is 0 Å². The van der Waals surface area contributed by atoms with E-state index in [1.807, 2.05) is 0 Å². The van der Waals surface area contributed by atoms with Crippen LogP contribution in [0.1, 0.15) is 32.6 Å². The molecule has 1 saturated carbocycles. The van der Waals surface area contributed by atoms with Gasteiger partial charge < -0.3 is 15.1 Å². The standard InChI is InChI=1S/C13H21N3O3/c1-10(17)15-6-8-16(9-7-15)13(19)12(18)14-11-4-2-3-5-11/h11H,2-9H2,1H3,(H,14,18). The van der Waals surface area contributed by atoms with Gasteiger partial charge >= 0.3 is 11.8 Å². The maximum atomic E-state index is 12.0. The smallest absolute Gasteiger partial charge is 0.312 e. The molecule has 6 heteroatoms. The lowest BCUT2D eigenvalue weighted by Crippen LogP contribution is -2.54. The molecular formula is C13H21N3O3. The van der Waals surface area contributed by atoms with Crippen molar-refractivity contribution in [3.05, 3.63) is 0 Å². The summed E-state index contributed by atoms with van der Waals surface area (Å²) in [7, 11) is 0. The number of carbonyl (C=O) groups excluding carboxylic acids is 3. The lowest BCUT2D eigenvalue weighted by Gasteiger charge is -2.33. The Balaban J connectivity index is 1.80. The van der Waals surface area contributed by atoms with Crippen molar-refractivity contribution < 1.29 is 14.4 Å². The van der Waals surface area contributed by atoms with Crippen molar-refractivity contribution in [3.8, 4) is 0 Å². The molecule has 1 heterocycles. The van der Waals surface area contributed by atoms with Crippen LogP contribution in [0.3, 0.4) is 0 Å². The van der Waals surface area contributed by atoms with E-state index in [1.54, 1.807) is 4.90 Å². The SMILES string of the molecule is CC(=O)N1CCN(C(=O)C(=O)NC2CCCC2)CC1. The number of rotatable bonds is 1. The van der Waals surface area contributed by atoms with Crippen LogP contribution in [0.5, 0.6) is 0 Å². The molecule has 106 valence electrons. The minimum atomic E-state index is -0.497. The third-order valence-electron chi connectivity index (χ3n) is 3.90. The summed E-state index contributed by atoms with van der Waals surface area (Å²) < 4.78 is 0. The van der Waals surface area contributed by atoms with Gasteiger partial charge in [-0.2, -0.15) is 0 Å². The first-order valence-electron chi connectivity index (χ1n) is 6.93. The van der Waals surface area contributed by atoms with Crippen LogP contribution in [0.2, 0.25) is 0 Å². The maximum absolute atomic E-state index is 12.0. The molecule has 0 aromatic heterocycles. The summed E-state index contributed by atoms with van der Waals surface area (Å²) in [5.41, 5.74) is 0. The van der Waals surface area contributed by atoms with Crippen LogP contribution in [0.25, 0.3) is 0 Å². The number of nitrogens with zero attached hydrogens (tertiary/aromatic N) is 2. The lowest BCUT2D eigenvalue weighted by molar-refractivity contribution is -0.148. The first kappa shape index (κ1) is 13.8. The largest absolute Gasteiger partial charge is 0.345 e. The third-order valence-corrected chi connectivity index (χ3v) is 3.90. The zero-order valence-electron chi connectivity index (χ0n) is 11.4. The topological polar surface area (TPSA) is 69.7 Å².